The van der Waals surface area contributed by atoms with Crippen LogP contribution in [0.15, 0.2) is 18.2 Å². The van der Waals surface area contributed by atoms with Gasteiger partial charge in [0.2, 0.25) is 5.91 Å². The molecule has 0 radical (unpaired) electrons. The number of rotatable bonds is 2. The Morgan fingerprint density at radius 1 is 1.42 bits per heavy atom. The van der Waals surface area contributed by atoms with Gasteiger partial charge in [-0.2, -0.15) is 0 Å². The monoisotopic (exact) mass is 269 g/mol. The fourth-order valence-corrected chi connectivity index (χ4v) is 2.44. The van der Waals surface area contributed by atoms with Crippen LogP contribution in [-0.2, 0) is 11.2 Å². The second-order valence-corrected chi connectivity index (χ2v) is 5.43. The van der Waals surface area contributed by atoms with Crippen molar-refractivity contribution in [3.05, 3.63) is 35.4 Å². The molecule has 1 atom stereocenters. The van der Waals surface area contributed by atoms with E-state index in [-0.39, 0.29) is 12.3 Å². The van der Waals surface area contributed by atoms with Gasteiger partial charge in [-0.1, -0.05) is 6.07 Å². The number of carbonyl (C=O) groups is 1. The second-order valence-electron chi connectivity index (χ2n) is 5.43. The Balaban J connectivity index is 2.11. The summed E-state index contributed by atoms with van der Waals surface area (Å²) in [6.07, 6.45) is -0.00875. The first-order valence-electron chi connectivity index (χ1n) is 6.25. The van der Waals surface area contributed by atoms with Crippen molar-refractivity contribution >= 4 is 5.91 Å². The number of aliphatic hydroxyl groups excluding tert-OH is 1. The zero-order valence-corrected chi connectivity index (χ0v) is 11.0. The smallest absolute Gasteiger partial charge is 0.227 e. The molecule has 1 heterocycles. The van der Waals surface area contributed by atoms with Crippen molar-refractivity contribution in [3.8, 4) is 0 Å². The minimum Gasteiger partial charge on any atom is -0.391 e. The first-order valence-corrected chi connectivity index (χ1v) is 6.25. The molecule has 1 aliphatic heterocycles. The molecule has 5 heteroatoms. The van der Waals surface area contributed by atoms with Crippen LogP contribution in [0.3, 0.4) is 0 Å². The van der Waals surface area contributed by atoms with Crippen molar-refractivity contribution in [1.82, 2.24) is 4.90 Å². The van der Waals surface area contributed by atoms with E-state index in [9.17, 15) is 18.7 Å². The van der Waals surface area contributed by atoms with Gasteiger partial charge in [-0.15, -0.1) is 0 Å². The summed E-state index contributed by atoms with van der Waals surface area (Å²) < 4.78 is 25.9. The predicted molar refractivity (Wildman–Crippen MR) is 66.5 cm³/mol. The fraction of sp³-hybridized carbons (Fsp3) is 0.500. The number of halogens is 2. The summed E-state index contributed by atoms with van der Waals surface area (Å²) in [6.45, 7) is 4.08. The highest BCUT2D eigenvalue weighted by Gasteiger charge is 2.42. The number of hydrogen-bond acceptors (Lipinski definition) is 2. The third kappa shape index (κ3) is 2.61. The molecule has 0 saturated carbocycles. The van der Waals surface area contributed by atoms with Crippen LogP contribution >= 0.6 is 0 Å². The van der Waals surface area contributed by atoms with Crippen LogP contribution in [0.2, 0.25) is 0 Å². The average Bonchev–Trinajstić information content (AvgIpc) is 2.59. The Morgan fingerprint density at radius 3 is 2.63 bits per heavy atom. The quantitative estimate of drug-likeness (QED) is 0.890. The Bertz CT molecular complexity index is 502. The molecule has 1 N–H and O–H groups in total. The van der Waals surface area contributed by atoms with Gasteiger partial charge in [0.25, 0.3) is 0 Å². The molecular formula is C14H17F2NO2. The summed E-state index contributed by atoms with van der Waals surface area (Å²) in [7, 11) is 0. The molecule has 1 saturated heterocycles. The predicted octanol–water partition coefficient (Wildman–Crippen LogP) is 1.88. The Hall–Kier alpha value is -1.49. The number of aliphatic hydroxyl groups is 1. The van der Waals surface area contributed by atoms with E-state index in [1.807, 2.05) is 0 Å². The van der Waals surface area contributed by atoms with Gasteiger partial charge in [0.05, 0.1) is 18.1 Å². The highest BCUT2D eigenvalue weighted by molar-refractivity contribution is 5.80. The lowest BCUT2D eigenvalue weighted by Gasteiger charge is -2.33. The first kappa shape index (κ1) is 13.9. The highest BCUT2D eigenvalue weighted by atomic mass is 19.2. The Labute approximate surface area is 110 Å². The number of nitrogens with zero attached hydrogens (tertiary/aromatic N) is 1. The summed E-state index contributed by atoms with van der Waals surface area (Å²) in [6, 6.07) is 3.45. The Kier molecular flexibility index (Phi) is 3.58. The molecule has 0 bridgehead atoms. The molecule has 19 heavy (non-hydrogen) atoms. The molecule has 1 aliphatic rings. The standard InChI is InChI=1S/C14H17F2NO2/c1-14(2)12(18)5-6-17(14)13(19)8-9-3-4-10(15)11(16)7-9/h3-4,7,12,18H,5-6,8H2,1-2H3. The molecule has 1 fully saturated rings. The van der Waals surface area contributed by atoms with Crippen LogP contribution in [-0.4, -0.2) is 34.1 Å². The zero-order chi connectivity index (χ0) is 14.2. The van der Waals surface area contributed by atoms with E-state index < -0.39 is 23.3 Å². The van der Waals surface area contributed by atoms with E-state index in [4.69, 9.17) is 0 Å². The Morgan fingerprint density at radius 2 is 2.11 bits per heavy atom. The fourth-order valence-electron chi connectivity index (χ4n) is 2.44. The van der Waals surface area contributed by atoms with Crippen molar-refractivity contribution in [2.75, 3.05) is 6.54 Å². The van der Waals surface area contributed by atoms with Crippen molar-refractivity contribution in [2.24, 2.45) is 0 Å². The molecule has 1 aromatic carbocycles. The van der Waals surface area contributed by atoms with Gasteiger partial charge in [0.15, 0.2) is 11.6 Å². The van der Waals surface area contributed by atoms with Crippen LogP contribution < -0.4 is 0 Å². The van der Waals surface area contributed by atoms with Gasteiger partial charge in [0.1, 0.15) is 0 Å². The number of likely N-dealkylation sites (tertiary alicyclic amines) is 1. The van der Waals surface area contributed by atoms with E-state index in [1.165, 1.54) is 6.07 Å². The van der Waals surface area contributed by atoms with Gasteiger partial charge in [-0.25, -0.2) is 8.78 Å². The van der Waals surface area contributed by atoms with Crippen LogP contribution in [0.25, 0.3) is 0 Å². The largest absolute Gasteiger partial charge is 0.391 e. The maximum atomic E-state index is 13.1. The van der Waals surface area contributed by atoms with Crippen LogP contribution in [0.5, 0.6) is 0 Å². The van der Waals surface area contributed by atoms with Crippen molar-refractivity contribution in [1.29, 1.82) is 0 Å². The maximum absolute atomic E-state index is 13.1. The van der Waals surface area contributed by atoms with Gasteiger partial charge in [-0.05, 0) is 38.0 Å². The van der Waals surface area contributed by atoms with E-state index in [1.54, 1.807) is 18.7 Å². The van der Waals surface area contributed by atoms with Gasteiger partial charge in [-0.3, -0.25) is 4.79 Å². The molecule has 1 amide bonds. The summed E-state index contributed by atoms with van der Waals surface area (Å²) >= 11 is 0. The topological polar surface area (TPSA) is 40.5 Å². The van der Waals surface area contributed by atoms with Crippen LogP contribution in [0, 0.1) is 11.6 Å². The van der Waals surface area contributed by atoms with Crippen molar-refractivity contribution in [3.63, 3.8) is 0 Å². The van der Waals surface area contributed by atoms with Gasteiger partial charge < -0.3 is 10.0 Å². The third-order valence-corrected chi connectivity index (χ3v) is 3.78. The minimum atomic E-state index is -0.953. The molecular weight excluding hydrogens is 252 g/mol. The van der Waals surface area contributed by atoms with Crippen LogP contribution in [0.1, 0.15) is 25.8 Å². The summed E-state index contributed by atoms with van der Waals surface area (Å²) in [5.74, 6) is -2.06. The van der Waals surface area contributed by atoms with Crippen LogP contribution in [0.4, 0.5) is 8.78 Å². The lowest BCUT2D eigenvalue weighted by atomic mass is 9.98. The van der Waals surface area contributed by atoms with Crippen molar-refractivity contribution in [2.45, 2.75) is 38.3 Å². The molecule has 1 aromatic rings. The SMILES string of the molecule is CC1(C)C(O)CCN1C(=O)Cc1ccc(F)c(F)c1. The maximum Gasteiger partial charge on any atom is 0.227 e. The van der Waals surface area contributed by atoms with Gasteiger partial charge >= 0.3 is 0 Å². The molecule has 0 aromatic heterocycles. The normalized spacial score (nSPS) is 21.7. The number of amides is 1. The summed E-state index contributed by atoms with van der Waals surface area (Å²) in [5, 5.41) is 9.82. The van der Waals surface area contributed by atoms with E-state index in [2.05, 4.69) is 0 Å². The molecule has 0 aliphatic carbocycles. The summed E-state index contributed by atoms with van der Waals surface area (Å²) in [5.41, 5.74) is -0.184. The molecule has 3 nitrogen and oxygen atoms in total. The minimum absolute atomic E-state index is 0.00729. The number of benzene rings is 1. The molecule has 1 unspecified atom stereocenters. The van der Waals surface area contributed by atoms with Gasteiger partial charge in [0, 0.05) is 6.54 Å². The number of hydrogen-bond donors (Lipinski definition) is 1. The molecule has 2 rings (SSSR count). The average molecular weight is 269 g/mol. The summed E-state index contributed by atoms with van der Waals surface area (Å²) in [4.78, 5) is 13.8. The second kappa shape index (κ2) is 4.89. The third-order valence-electron chi connectivity index (χ3n) is 3.78. The van der Waals surface area contributed by atoms with E-state index >= 15 is 0 Å². The lowest BCUT2D eigenvalue weighted by Crippen LogP contribution is -2.48. The number of carbonyl (C=O) groups excluding carboxylic acids is 1. The molecule has 0 spiro atoms. The highest BCUT2D eigenvalue weighted by Crippen LogP contribution is 2.29. The lowest BCUT2D eigenvalue weighted by molar-refractivity contribution is -0.135. The van der Waals surface area contributed by atoms with E-state index in [0.29, 0.717) is 18.5 Å². The molecule has 104 valence electrons. The first-order chi connectivity index (χ1) is 8.82. The van der Waals surface area contributed by atoms with Crippen molar-refractivity contribution < 1.29 is 18.7 Å². The zero-order valence-electron chi connectivity index (χ0n) is 11.0. The van der Waals surface area contributed by atoms with E-state index in [0.717, 1.165) is 12.1 Å².